The maximum atomic E-state index is 5.90. The van der Waals surface area contributed by atoms with Crippen LogP contribution in [-0.4, -0.2) is 19.0 Å². The van der Waals surface area contributed by atoms with E-state index in [0.29, 0.717) is 6.10 Å². The molecule has 1 fully saturated rings. The van der Waals surface area contributed by atoms with Gasteiger partial charge in [-0.3, -0.25) is 0 Å². The summed E-state index contributed by atoms with van der Waals surface area (Å²) in [5, 5.41) is 0. The van der Waals surface area contributed by atoms with Crippen LogP contribution in [0.3, 0.4) is 0 Å². The molecule has 2 atom stereocenters. The van der Waals surface area contributed by atoms with E-state index in [-0.39, 0.29) is 25.2 Å². The van der Waals surface area contributed by atoms with Crippen LogP contribution in [0.15, 0.2) is 0 Å². The van der Waals surface area contributed by atoms with Gasteiger partial charge in [-0.1, -0.05) is 26.2 Å². The van der Waals surface area contributed by atoms with Gasteiger partial charge >= 0.3 is 18.9 Å². The molecular formula is C13H25LiO2. The van der Waals surface area contributed by atoms with Gasteiger partial charge in [-0.2, -0.15) is 6.42 Å². The second-order valence-electron chi connectivity index (χ2n) is 4.34. The number of unbranched alkanes of at least 4 members (excludes halogenated alkanes) is 2. The van der Waals surface area contributed by atoms with Crippen LogP contribution >= 0.6 is 0 Å². The van der Waals surface area contributed by atoms with E-state index in [1.807, 2.05) is 0 Å². The molecule has 2 unspecified atom stereocenters. The first-order valence-electron chi connectivity index (χ1n) is 6.43. The van der Waals surface area contributed by atoms with Gasteiger partial charge < -0.3 is 16.4 Å². The number of hydrogen-bond donors (Lipinski definition) is 0. The van der Waals surface area contributed by atoms with Crippen molar-refractivity contribution in [3.8, 4) is 0 Å². The summed E-state index contributed by atoms with van der Waals surface area (Å²) in [4.78, 5) is 0. The predicted octanol–water partition coefficient (Wildman–Crippen LogP) is 0.707. The van der Waals surface area contributed by atoms with Gasteiger partial charge in [-0.15, -0.1) is 0 Å². The van der Waals surface area contributed by atoms with Gasteiger partial charge in [0.2, 0.25) is 0 Å². The van der Waals surface area contributed by atoms with Crippen LogP contribution in [0.4, 0.5) is 0 Å². The molecular weight excluding hydrogens is 195 g/mol. The smallest absolute Gasteiger partial charge is 0.353 e. The molecule has 1 heterocycles. The number of rotatable bonds is 7. The number of ether oxygens (including phenoxy) is 2. The van der Waals surface area contributed by atoms with Crippen LogP contribution in [0.2, 0.25) is 0 Å². The van der Waals surface area contributed by atoms with Crippen LogP contribution in [0.1, 0.15) is 58.3 Å². The third-order valence-corrected chi connectivity index (χ3v) is 2.93. The minimum atomic E-state index is 0. The minimum absolute atomic E-state index is 0. The van der Waals surface area contributed by atoms with Crippen LogP contribution < -0.4 is 18.9 Å². The fourth-order valence-electron chi connectivity index (χ4n) is 1.94. The van der Waals surface area contributed by atoms with E-state index in [1.165, 1.54) is 32.1 Å². The second-order valence-corrected chi connectivity index (χ2v) is 4.34. The van der Waals surface area contributed by atoms with E-state index in [9.17, 15) is 0 Å². The van der Waals surface area contributed by atoms with Crippen LogP contribution in [0, 0.1) is 6.92 Å². The van der Waals surface area contributed by atoms with Gasteiger partial charge in [-0.05, 0) is 25.7 Å². The fourth-order valence-corrected chi connectivity index (χ4v) is 1.94. The molecule has 1 rings (SSSR count). The van der Waals surface area contributed by atoms with E-state index < -0.39 is 0 Å². The van der Waals surface area contributed by atoms with Crippen LogP contribution in [-0.2, 0) is 9.47 Å². The Hall–Kier alpha value is 0.517. The molecule has 0 aromatic rings. The normalized spacial score (nSPS) is 22.5. The molecule has 2 nitrogen and oxygen atoms in total. The molecule has 0 radical (unpaired) electrons. The fraction of sp³-hybridized carbons (Fsp3) is 0.923. The molecule has 1 aliphatic heterocycles. The third kappa shape index (κ3) is 6.96. The second kappa shape index (κ2) is 10.7. The van der Waals surface area contributed by atoms with Crippen molar-refractivity contribution >= 4 is 0 Å². The van der Waals surface area contributed by atoms with Gasteiger partial charge in [0.25, 0.3) is 0 Å². The van der Waals surface area contributed by atoms with Gasteiger partial charge in [0.15, 0.2) is 6.29 Å². The first-order valence-corrected chi connectivity index (χ1v) is 6.43. The molecule has 1 aliphatic rings. The summed E-state index contributed by atoms with van der Waals surface area (Å²) in [5.41, 5.74) is 0. The molecule has 1 saturated heterocycles. The Labute approximate surface area is 113 Å². The van der Waals surface area contributed by atoms with E-state index in [4.69, 9.17) is 9.47 Å². The van der Waals surface area contributed by atoms with Crippen molar-refractivity contribution in [2.75, 3.05) is 6.61 Å². The zero-order valence-electron chi connectivity index (χ0n) is 11.0. The van der Waals surface area contributed by atoms with Crippen molar-refractivity contribution in [2.24, 2.45) is 0 Å². The Bertz CT molecular complexity index is 147. The van der Waals surface area contributed by atoms with Crippen molar-refractivity contribution in [1.82, 2.24) is 0 Å². The first-order chi connectivity index (χ1) is 7.36. The Morgan fingerprint density at radius 2 is 2.19 bits per heavy atom. The summed E-state index contributed by atoms with van der Waals surface area (Å²) < 4.78 is 11.5. The first kappa shape index (κ1) is 16.5. The van der Waals surface area contributed by atoms with E-state index in [1.54, 1.807) is 0 Å². The van der Waals surface area contributed by atoms with Gasteiger partial charge in [0, 0.05) is 12.7 Å². The van der Waals surface area contributed by atoms with Crippen molar-refractivity contribution in [3.63, 3.8) is 0 Å². The zero-order valence-corrected chi connectivity index (χ0v) is 11.0. The Morgan fingerprint density at radius 3 is 2.75 bits per heavy atom. The summed E-state index contributed by atoms with van der Waals surface area (Å²) in [6.07, 6.45) is 9.66. The Kier molecular flexibility index (Phi) is 11.0. The minimum Gasteiger partial charge on any atom is -0.353 e. The summed E-state index contributed by atoms with van der Waals surface area (Å²) >= 11 is 0. The summed E-state index contributed by atoms with van der Waals surface area (Å²) in [7, 11) is 0. The summed E-state index contributed by atoms with van der Waals surface area (Å²) in [6, 6.07) is 0. The van der Waals surface area contributed by atoms with Crippen molar-refractivity contribution in [2.45, 2.75) is 70.7 Å². The summed E-state index contributed by atoms with van der Waals surface area (Å²) in [5.74, 6) is 0. The SMILES string of the molecule is [CH2-]CC(CCCCC)OC1CCCCO1.[Li+]. The molecule has 90 valence electrons. The van der Waals surface area contributed by atoms with Crippen molar-refractivity contribution < 1.29 is 28.3 Å². The third-order valence-electron chi connectivity index (χ3n) is 2.93. The maximum Gasteiger partial charge on any atom is 1.00 e. The standard InChI is InChI=1S/C13H25O2.Li/c1-3-5-6-9-12(4-2)15-13-10-7-8-11-14-13;/h12-13H,2-11H2,1H3;/q-1;+1. The van der Waals surface area contributed by atoms with E-state index in [2.05, 4.69) is 13.8 Å². The quantitative estimate of drug-likeness (QED) is 0.357. The molecule has 3 heteroatoms. The zero-order chi connectivity index (χ0) is 10.9. The van der Waals surface area contributed by atoms with Gasteiger partial charge in [0.1, 0.15) is 0 Å². The molecule has 0 aromatic carbocycles. The molecule has 0 spiro atoms. The van der Waals surface area contributed by atoms with Crippen molar-refractivity contribution in [3.05, 3.63) is 6.92 Å². The molecule has 16 heavy (non-hydrogen) atoms. The topological polar surface area (TPSA) is 18.5 Å². The van der Waals surface area contributed by atoms with E-state index in [0.717, 1.165) is 25.9 Å². The van der Waals surface area contributed by atoms with Crippen molar-refractivity contribution in [1.29, 1.82) is 0 Å². The molecule has 0 N–H and O–H groups in total. The molecule has 0 aliphatic carbocycles. The van der Waals surface area contributed by atoms with Crippen LogP contribution in [0.25, 0.3) is 0 Å². The number of hydrogen-bond acceptors (Lipinski definition) is 2. The average Bonchev–Trinajstić information content (AvgIpc) is 2.29. The monoisotopic (exact) mass is 220 g/mol. The predicted molar refractivity (Wildman–Crippen MR) is 62.6 cm³/mol. The maximum absolute atomic E-state index is 5.90. The molecule has 0 aromatic heterocycles. The summed E-state index contributed by atoms with van der Waals surface area (Å²) in [6.45, 7) is 7.04. The van der Waals surface area contributed by atoms with Gasteiger partial charge in [-0.25, -0.2) is 0 Å². The molecule has 0 saturated carbocycles. The average molecular weight is 220 g/mol. The Balaban J connectivity index is 0.00000225. The molecule has 0 amide bonds. The van der Waals surface area contributed by atoms with Crippen LogP contribution in [0.5, 0.6) is 0 Å². The van der Waals surface area contributed by atoms with E-state index >= 15 is 0 Å². The molecule has 0 bridgehead atoms. The Morgan fingerprint density at radius 1 is 1.38 bits per heavy atom. The largest absolute Gasteiger partial charge is 1.00 e. The van der Waals surface area contributed by atoms with Gasteiger partial charge in [0.05, 0.1) is 0 Å².